The van der Waals surface area contributed by atoms with E-state index in [1.807, 2.05) is 17.9 Å². The number of aromatic amines is 1. The van der Waals surface area contributed by atoms with Gasteiger partial charge in [-0.05, 0) is 25.8 Å². The van der Waals surface area contributed by atoms with E-state index in [1.165, 1.54) is 12.3 Å². The molecule has 1 aliphatic rings. The minimum absolute atomic E-state index is 0.0368. The molecule has 3 heterocycles. The molecule has 0 bridgehead atoms. The van der Waals surface area contributed by atoms with Gasteiger partial charge in [-0.15, -0.1) is 0 Å². The zero-order valence-corrected chi connectivity index (χ0v) is 14.0. The lowest BCUT2D eigenvalue weighted by Crippen LogP contribution is -2.46. The molecule has 3 rings (SSSR count). The average Bonchev–Trinajstić information content (AvgIpc) is 3.12. The largest absolute Gasteiger partial charge is 0.356 e. The molecule has 0 atom stereocenters. The SMILES string of the molecule is CCn1ccnc(N2CCC(NC(=O)c3cc(C#N)c[nH]3)CC2)c1=O. The van der Waals surface area contributed by atoms with Crippen molar-refractivity contribution in [3.05, 3.63) is 46.3 Å². The minimum Gasteiger partial charge on any atom is -0.356 e. The van der Waals surface area contributed by atoms with Gasteiger partial charge >= 0.3 is 0 Å². The van der Waals surface area contributed by atoms with Gasteiger partial charge in [0.15, 0.2) is 5.82 Å². The highest BCUT2D eigenvalue weighted by Gasteiger charge is 2.24. The molecule has 0 radical (unpaired) electrons. The number of carbonyl (C=O) groups is 1. The number of hydrogen-bond donors (Lipinski definition) is 2. The van der Waals surface area contributed by atoms with Crippen LogP contribution >= 0.6 is 0 Å². The van der Waals surface area contributed by atoms with E-state index in [1.54, 1.807) is 17.0 Å². The van der Waals surface area contributed by atoms with Crippen LogP contribution in [0.4, 0.5) is 5.82 Å². The van der Waals surface area contributed by atoms with E-state index in [-0.39, 0.29) is 17.5 Å². The first kappa shape index (κ1) is 16.8. The fourth-order valence-corrected chi connectivity index (χ4v) is 2.99. The van der Waals surface area contributed by atoms with Gasteiger partial charge in [0.2, 0.25) is 0 Å². The minimum atomic E-state index is -0.217. The fourth-order valence-electron chi connectivity index (χ4n) is 2.99. The number of nitrogens with zero attached hydrogens (tertiary/aromatic N) is 4. The molecule has 25 heavy (non-hydrogen) atoms. The number of aromatic nitrogens is 3. The Kier molecular flexibility index (Phi) is 4.84. The van der Waals surface area contributed by atoms with Crippen molar-refractivity contribution in [1.29, 1.82) is 5.26 Å². The summed E-state index contributed by atoms with van der Waals surface area (Å²) in [5, 5.41) is 11.8. The van der Waals surface area contributed by atoms with E-state index >= 15 is 0 Å². The Labute approximate surface area is 145 Å². The van der Waals surface area contributed by atoms with Crippen molar-refractivity contribution >= 4 is 11.7 Å². The Morgan fingerprint density at radius 2 is 2.24 bits per heavy atom. The molecule has 0 unspecified atom stereocenters. The Balaban J connectivity index is 1.60. The summed E-state index contributed by atoms with van der Waals surface area (Å²) in [5.74, 6) is 0.253. The van der Waals surface area contributed by atoms with Crippen LogP contribution in [0.2, 0.25) is 0 Å². The molecule has 0 spiro atoms. The third-order valence-corrected chi connectivity index (χ3v) is 4.42. The lowest BCUT2D eigenvalue weighted by Gasteiger charge is -2.32. The highest BCUT2D eigenvalue weighted by atomic mass is 16.2. The lowest BCUT2D eigenvalue weighted by molar-refractivity contribution is 0.0926. The first-order valence-electron chi connectivity index (χ1n) is 8.32. The van der Waals surface area contributed by atoms with Gasteiger partial charge in [0.1, 0.15) is 11.8 Å². The Morgan fingerprint density at radius 1 is 1.48 bits per heavy atom. The zero-order valence-electron chi connectivity index (χ0n) is 14.0. The molecule has 2 aromatic heterocycles. The predicted octanol–water partition coefficient (Wildman–Crippen LogP) is 0.862. The molecule has 130 valence electrons. The van der Waals surface area contributed by atoms with Gasteiger partial charge in [0, 0.05) is 44.3 Å². The van der Waals surface area contributed by atoms with Crippen LogP contribution in [0.15, 0.2) is 29.5 Å². The van der Waals surface area contributed by atoms with E-state index in [0.717, 1.165) is 12.8 Å². The standard InChI is InChI=1S/C17H20N6O2/c1-2-22-8-5-19-15(17(22)25)23-6-3-13(4-7-23)21-16(24)14-9-12(10-18)11-20-14/h5,8-9,11,13,20H,2-4,6-7H2,1H3,(H,21,24). The van der Waals surface area contributed by atoms with Crippen molar-refractivity contribution in [2.75, 3.05) is 18.0 Å². The number of anilines is 1. The fraction of sp³-hybridized carbons (Fsp3) is 0.412. The maximum Gasteiger partial charge on any atom is 0.293 e. The molecule has 2 aromatic rings. The van der Waals surface area contributed by atoms with Crippen LogP contribution in [-0.2, 0) is 6.54 Å². The first-order chi connectivity index (χ1) is 12.1. The van der Waals surface area contributed by atoms with Gasteiger partial charge in [-0.3, -0.25) is 9.59 Å². The normalized spacial score (nSPS) is 15.0. The number of amides is 1. The molecule has 2 N–H and O–H groups in total. The molecule has 1 amide bonds. The molecular formula is C17H20N6O2. The molecule has 1 saturated heterocycles. The van der Waals surface area contributed by atoms with Crippen molar-refractivity contribution in [3.63, 3.8) is 0 Å². The highest BCUT2D eigenvalue weighted by molar-refractivity contribution is 5.93. The second kappa shape index (κ2) is 7.21. The molecule has 0 aromatic carbocycles. The number of nitrogens with one attached hydrogen (secondary N) is 2. The highest BCUT2D eigenvalue weighted by Crippen LogP contribution is 2.15. The second-order valence-electron chi connectivity index (χ2n) is 5.99. The third-order valence-electron chi connectivity index (χ3n) is 4.42. The van der Waals surface area contributed by atoms with Crippen molar-refractivity contribution < 1.29 is 4.79 Å². The number of carbonyl (C=O) groups excluding carboxylic acids is 1. The number of piperidine rings is 1. The van der Waals surface area contributed by atoms with Crippen LogP contribution in [0.3, 0.4) is 0 Å². The van der Waals surface area contributed by atoms with Crippen LogP contribution < -0.4 is 15.8 Å². The molecule has 0 aliphatic carbocycles. The summed E-state index contributed by atoms with van der Waals surface area (Å²) < 4.78 is 1.63. The maximum absolute atomic E-state index is 12.3. The number of nitriles is 1. The van der Waals surface area contributed by atoms with E-state index in [0.29, 0.717) is 36.7 Å². The Hall–Kier alpha value is -3.08. The van der Waals surface area contributed by atoms with Gasteiger partial charge in [0.05, 0.1) is 5.56 Å². The summed E-state index contributed by atoms with van der Waals surface area (Å²) in [4.78, 5) is 33.5. The summed E-state index contributed by atoms with van der Waals surface area (Å²) in [6.45, 7) is 3.86. The summed E-state index contributed by atoms with van der Waals surface area (Å²) in [6.07, 6.45) is 6.31. The van der Waals surface area contributed by atoms with Crippen molar-refractivity contribution in [3.8, 4) is 6.07 Å². The number of aryl methyl sites for hydroxylation is 1. The second-order valence-corrected chi connectivity index (χ2v) is 5.99. The molecule has 0 saturated carbocycles. The van der Waals surface area contributed by atoms with Crippen LogP contribution in [0.1, 0.15) is 35.8 Å². The summed E-state index contributed by atoms with van der Waals surface area (Å²) in [7, 11) is 0. The van der Waals surface area contributed by atoms with Gasteiger partial charge in [0.25, 0.3) is 11.5 Å². The monoisotopic (exact) mass is 340 g/mol. The van der Waals surface area contributed by atoms with E-state index in [4.69, 9.17) is 5.26 Å². The molecular weight excluding hydrogens is 320 g/mol. The number of H-pyrrole nitrogens is 1. The number of rotatable bonds is 4. The smallest absolute Gasteiger partial charge is 0.293 e. The topological polar surface area (TPSA) is 107 Å². The number of hydrogen-bond acceptors (Lipinski definition) is 5. The van der Waals surface area contributed by atoms with Gasteiger partial charge in [-0.2, -0.15) is 5.26 Å². The molecule has 1 fully saturated rings. The predicted molar refractivity (Wildman–Crippen MR) is 92.4 cm³/mol. The van der Waals surface area contributed by atoms with Gasteiger partial charge < -0.3 is 19.8 Å². The van der Waals surface area contributed by atoms with Crippen molar-refractivity contribution in [1.82, 2.24) is 19.9 Å². The molecule has 1 aliphatic heterocycles. The summed E-state index contributed by atoms with van der Waals surface area (Å²) in [5.41, 5.74) is 0.736. The van der Waals surface area contributed by atoms with Crippen LogP contribution in [0, 0.1) is 11.3 Å². The Morgan fingerprint density at radius 3 is 2.88 bits per heavy atom. The quantitative estimate of drug-likeness (QED) is 0.858. The first-order valence-corrected chi connectivity index (χ1v) is 8.32. The average molecular weight is 340 g/mol. The van der Waals surface area contributed by atoms with Gasteiger partial charge in [-0.1, -0.05) is 0 Å². The van der Waals surface area contributed by atoms with Crippen molar-refractivity contribution in [2.24, 2.45) is 0 Å². The van der Waals surface area contributed by atoms with Crippen LogP contribution in [-0.4, -0.2) is 39.6 Å². The summed E-state index contributed by atoms with van der Waals surface area (Å²) >= 11 is 0. The van der Waals surface area contributed by atoms with Crippen LogP contribution in [0.25, 0.3) is 0 Å². The zero-order chi connectivity index (χ0) is 17.8. The summed E-state index contributed by atoms with van der Waals surface area (Å²) in [6, 6.07) is 3.56. The molecule has 8 nitrogen and oxygen atoms in total. The lowest BCUT2D eigenvalue weighted by atomic mass is 10.0. The van der Waals surface area contributed by atoms with E-state index in [2.05, 4.69) is 15.3 Å². The van der Waals surface area contributed by atoms with E-state index in [9.17, 15) is 9.59 Å². The van der Waals surface area contributed by atoms with Crippen molar-refractivity contribution in [2.45, 2.75) is 32.4 Å². The molecule has 8 heteroatoms. The maximum atomic E-state index is 12.3. The van der Waals surface area contributed by atoms with Gasteiger partial charge in [-0.25, -0.2) is 4.98 Å². The third kappa shape index (κ3) is 3.55. The van der Waals surface area contributed by atoms with Crippen LogP contribution in [0.5, 0.6) is 0 Å². The Bertz CT molecular complexity index is 855. The van der Waals surface area contributed by atoms with E-state index < -0.39 is 0 Å².